The van der Waals surface area contributed by atoms with E-state index in [4.69, 9.17) is 4.74 Å². The fourth-order valence-corrected chi connectivity index (χ4v) is 2.01. The maximum Gasteiger partial charge on any atom is 0.387 e. The van der Waals surface area contributed by atoms with E-state index >= 15 is 0 Å². The van der Waals surface area contributed by atoms with Gasteiger partial charge in [0.15, 0.2) is 0 Å². The van der Waals surface area contributed by atoms with Gasteiger partial charge < -0.3 is 14.8 Å². The van der Waals surface area contributed by atoms with Crippen molar-refractivity contribution >= 4 is 0 Å². The van der Waals surface area contributed by atoms with Gasteiger partial charge in [0.2, 0.25) is 0 Å². The molecule has 0 aliphatic carbocycles. The Labute approximate surface area is 105 Å². The minimum atomic E-state index is -2.82. The number of halogens is 2. The second-order valence-electron chi connectivity index (χ2n) is 4.37. The highest BCUT2D eigenvalue weighted by molar-refractivity contribution is 5.35. The number of para-hydroxylation sites is 1. The monoisotopic (exact) mass is 257 g/mol. The zero-order valence-corrected chi connectivity index (χ0v) is 10.2. The lowest BCUT2D eigenvalue weighted by Gasteiger charge is -2.19. The van der Waals surface area contributed by atoms with Gasteiger partial charge in [-0.15, -0.1) is 0 Å². The summed E-state index contributed by atoms with van der Waals surface area (Å²) in [6.07, 6.45) is 0.666. The molecule has 1 heterocycles. The van der Waals surface area contributed by atoms with Crippen LogP contribution in [0, 0.1) is 0 Å². The molecule has 0 spiro atoms. The van der Waals surface area contributed by atoms with E-state index in [9.17, 15) is 8.78 Å². The van der Waals surface area contributed by atoms with Crippen molar-refractivity contribution in [3.05, 3.63) is 29.8 Å². The van der Waals surface area contributed by atoms with Crippen LogP contribution in [0.5, 0.6) is 5.75 Å². The lowest BCUT2D eigenvalue weighted by molar-refractivity contribution is -0.0524. The topological polar surface area (TPSA) is 30.5 Å². The van der Waals surface area contributed by atoms with Gasteiger partial charge in [-0.2, -0.15) is 8.78 Å². The molecule has 2 rings (SSSR count). The molecule has 18 heavy (non-hydrogen) atoms. The van der Waals surface area contributed by atoms with E-state index < -0.39 is 6.61 Å². The maximum absolute atomic E-state index is 12.3. The number of alkyl halides is 2. The molecule has 0 saturated carbocycles. The number of benzene rings is 1. The average Bonchev–Trinajstić information content (AvgIpc) is 2.54. The second-order valence-corrected chi connectivity index (χ2v) is 4.37. The van der Waals surface area contributed by atoms with Crippen LogP contribution in [0.1, 0.15) is 25.0 Å². The molecule has 1 aliphatic rings. The van der Waals surface area contributed by atoms with Crippen LogP contribution in [0.2, 0.25) is 0 Å². The molecule has 5 heteroatoms. The molecule has 3 nitrogen and oxygen atoms in total. The van der Waals surface area contributed by atoms with Crippen LogP contribution in [0.3, 0.4) is 0 Å². The Morgan fingerprint density at radius 2 is 2.17 bits per heavy atom. The van der Waals surface area contributed by atoms with Gasteiger partial charge in [-0.25, -0.2) is 0 Å². The Balaban J connectivity index is 2.15. The molecule has 1 fully saturated rings. The lowest BCUT2D eigenvalue weighted by atomic mass is 10.1. The molecular weight excluding hydrogens is 240 g/mol. The number of nitrogens with one attached hydrogen (secondary N) is 1. The quantitative estimate of drug-likeness (QED) is 0.903. The molecule has 0 bridgehead atoms. The predicted octanol–water partition coefficient (Wildman–Crippen LogP) is 2.73. The van der Waals surface area contributed by atoms with Crippen molar-refractivity contribution in [2.24, 2.45) is 0 Å². The average molecular weight is 257 g/mol. The molecule has 1 N–H and O–H groups in total. The van der Waals surface area contributed by atoms with Gasteiger partial charge in [-0.3, -0.25) is 0 Å². The van der Waals surface area contributed by atoms with Crippen LogP contribution in [-0.2, 0) is 4.74 Å². The summed E-state index contributed by atoms with van der Waals surface area (Å²) in [4.78, 5) is 0. The Morgan fingerprint density at radius 3 is 2.94 bits per heavy atom. The molecule has 2 atom stereocenters. The Kier molecular flexibility index (Phi) is 4.49. The molecule has 2 unspecified atom stereocenters. The van der Waals surface area contributed by atoms with Crippen molar-refractivity contribution in [1.29, 1.82) is 0 Å². The van der Waals surface area contributed by atoms with Crippen LogP contribution in [0.25, 0.3) is 0 Å². The lowest BCUT2D eigenvalue weighted by Crippen LogP contribution is -2.27. The van der Waals surface area contributed by atoms with Crippen molar-refractivity contribution < 1.29 is 18.3 Å². The fraction of sp³-hybridized carbons (Fsp3) is 0.538. The zero-order chi connectivity index (χ0) is 13.0. The fourth-order valence-electron chi connectivity index (χ4n) is 2.01. The van der Waals surface area contributed by atoms with Gasteiger partial charge in [-0.05, 0) is 19.4 Å². The summed E-state index contributed by atoms with van der Waals surface area (Å²) in [6, 6.07) is 7.15. The number of rotatable bonds is 3. The summed E-state index contributed by atoms with van der Waals surface area (Å²) in [5, 5.41) is 3.31. The van der Waals surface area contributed by atoms with Gasteiger partial charge >= 0.3 is 6.61 Å². The number of hydrogen-bond acceptors (Lipinski definition) is 3. The molecule has 1 saturated heterocycles. The van der Waals surface area contributed by atoms with E-state index in [1.54, 1.807) is 24.3 Å². The first-order chi connectivity index (χ1) is 8.66. The van der Waals surface area contributed by atoms with Crippen molar-refractivity contribution in [3.63, 3.8) is 0 Å². The minimum Gasteiger partial charge on any atom is -0.434 e. The molecule has 0 radical (unpaired) electrons. The van der Waals surface area contributed by atoms with Crippen LogP contribution in [0.4, 0.5) is 8.78 Å². The van der Waals surface area contributed by atoms with Gasteiger partial charge in [0.1, 0.15) is 5.75 Å². The molecular formula is C13H17F2NO2. The van der Waals surface area contributed by atoms with Crippen LogP contribution >= 0.6 is 0 Å². The SMILES string of the molecule is CC1CCOC(c2ccccc2OC(F)F)CN1. The molecule has 1 aliphatic heterocycles. The molecule has 1 aromatic rings. The first kappa shape index (κ1) is 13.2. The summed E-state index contributed by atoms with van der Waals surface area (Å²) in [6.45, 7) is 0.476. The van der Waals surface area contributed by atoms with Crippen molar-refractivity contribution in [2.45, 2.75) is 32.1 Å². The number of hydrogen-bond donors (Lipinski definition) is 1. The van der Waals surface area contributed by atoms with E-state index in [1.807, 2.05) is 0 Å². The number of ether oxygens (including phenoxy) is 2. The van der Waals surface area contributed by atoms with Gasteiger partial charge in [0, 0.05) is 24.8 Å². The predicted molar refractivity (Wildman–Crippen MR) is 63.8 cm³/mol. The van der Waals surface area contributed by atoms with Crippen molar-refractivity contribution in [2.75, 3.05) is 13.2 Å². The van der Waals surface area contributed by atoms with Gasteiger partial charge in [0.25, 0.3) is 0 Å². The summed E-state index contributed by atoms with van der Waals surface area (Å²) < 4.78 is 34.9. The van der Waals surface area contributed by atoms with E-state index in [1.165, 1.54) is 0 Å². The highest BCUT2D eigenvalue weighted by atomic mass is 19.3. The highest BCUT2D eigenvalue weighted by Crippen LogP contribution is 2.29. The second kappa shape index (κ2) is 6.11. The Morgan fingerprint density at radius 1 is 1.39 bits per heavy atom. The van der Waals surface area contributed by atoms with Crippen molar-refractivity contribution in [3.8, 4) is 5.75 Å². The third-order valence-electron chi connectivity index (χ3n) is 3.00. The van der Waals surface area contributed by atoms with E-state index in [0.29, 0.717) is 24.8 Å². The summed E-state index contributed by atoms with van der Waals surface area (Å²) in [7, 11) is 0. The van der Waals surface area contributed by atoms with Crippen LogP contribution in [-0.4, -0.2) is 25.8 Å². The highest BCUT2D eigenvalue weighted by Gasteiger charge is 2.21. The third kappa shape index (κ3) is 3.40. The third-order valence-corrected chi connectivity index (χ3v) is 3.00. The summed E-state index contributed by atoms with van der Waals surface area (Å²) in [5.41, 5.74) is 0.666. The Bertz CT molecular complexity index is 387. The molecule has 1 aromatic carbocycles. The van der Waals surface area contributed by atoms with Crippen molar-refractivity contribution in [1.82, 2.24) is 5.32 Å². The van der Waals surface area contributed by atoms with E-state index in [-0.39, 0.29) is 11.9 Å². The maximum atomic E-state index is 12.3. The smallest absolute Gasteiger partial charge is 0.387 e. The van der Waals surface area contributed by atoms with Gasteiger partial charge in [0.05, 0.1) is 6.10 Å². The molecule has 0 aromatic heterocycles. The standard InChI is InChI=1S/C13H17F2NO2/c1-9-6-7-17-12(8-16-9)10-4-2-3-5-11(10)18-13(14)15/h2-5,9,12-13,16H,6-8H2,1H3. The zero-order valence-electron chi connectivity index (χ0n) is 10.2. The summed E-state index contributed by atoms with van der Waals surface area (Å²) in [5.74, 6) is 0.189. The van der Waals surface area contributed by atoms with Crippen LogP contribution in [0.15, 0.2) is 24.3 Å². The Hall–Kier alpha value is -1.20. The van der Waals surface area contributed by atoms with E-state index in [2.05, 4.69) is 17.0 Å². The van der Waals surface area contributed by atoms with E-state index in [0.717, 1.165) is 6.42 Å². The van der Waals surface area contributed by atoms with Crippen LogP contribution < -0.4 is 10.1 Å². The first-order valence-corrected chi connectivity index (χ1v) is 6.05. The van der Waals surface area contributed by atoms with Gasteiger partial charge in [-0.1, -0.05) is 18.2 Å². The molecule has 0 amide bonds. The molecule has 100 valence electrons. The summed E-state index contributed by atoms with van der Waals surface area (Å²) >= 11 is 0. The minimum absolute atomic E-state index is 0.189. The first-order valence-electron chi connectivity index (χ1n) is 6.05. The largest absolute Gasteiger partial charge is 0.434 e. The normalized spacial score (nSPS) is 24.9.